The Labute approximate surface area is 123 Å². The number of nitrogens with two attached hydrogens (primary N) is 1. The van der Waals surface area contributed by atoms with Gasteiger partial charge in [-0.25, -0.2) is 0 Å². The van der Waals surface area contributed by atoms with E-state index in [9.17, 15) is 4.79 Å². The standard InChI is InChI=1S/C16H31N3O/c1-12(2)18-16(15(17)20,14-6-7-14)11-19-9-4-5-13(3)8-10-19/h12-14,18H,4-11H2,1-3H3,(H2,17,20). The third-order valence-corrected chi connectivity index (χ3v) is 4.84. The Morgan fingerprint density at radius 3 is 2.55 bits per heavy atom. The smallest absolute Gasteiger partial charge is 0.239 e. The van der Waals surface area contributed by atoms with E-state index in [0.29, 0.717) is 5.92 Å². The van der Waals surface area contributed by atoms with Crippen molar-refractivity contribution < 1.29 is 4.79 Å². The van der Waals surface area contributed by atoms with Crippen LogP contribution in [0, 0.1) is 11.8 Å². The maximum Gasteiger partial charge on any atom is 0.239 e. The Morgan fingerprint density at radius 2 is 2.00 bits per heavy atom. The lowest BCUT2D eigenvalue weighted by molar-refractivity contribution is -0.126. The fourth-order valence-corrected chi connectivity index (χ4v) is 3.57. The minimum atomic E-state index is -0.512. The van der Waals surface area contributed by atoms with Crippen molar-refractivity contribution in [1.29, 1.82) is 0 Å². The van der Waals surface area contributed by atoms with Gasteiger partial charge in [-0.3, -0.25) is 10.1 Å². The molecule has 4 heteroatoms. The van der Waals surface area contributed by atoms with E-state index in [2.05, 4.69) is 31.0 Å². The number of likely N-dealkylation sites (tertiary alicyclic amines) is 1. The lowest BCUT2D eigenvalue weighted by Crippen LogP contribution is -2.64. The first kappa shape index (κ1) is 15.8. The zero-order valence-corrected chi connectivity index (χ0v) is 13.3. The zero-order chi connectivity index (χ0) is 14.8. The monoisotopic (exact) mass is 281 g/mol. The van der Waals surface area contributed by atoms with Crippen LogP contribution in [0.2, 0.25) is 0 Å². The van der Waals surface area contributed by atoms with E-state index in [4.69, 9.17) is 5.73 Å². The molecule has 1 aliphatic carbocycles. The highest BCUT2D eigenvalue weighted by Crippen LogP contribution is 2.40. The third kappa shape index (κ3) is 3.73. The van der Waals surface area contributed by atoms with Gasteiger partial charge in [-0.2, -0.15) is 0 Å². The molecule has 0 radical (unpaired) electrons. The van der Waals surface area contributed by atoms with Crippen molar-refractivity contribution in [3.8, 4) is 0 Å². The molecule has 3 N–H and O–H groups in total. The van der Waals surface area contributed by atoms with Crippen molar-refractivity contribution in [2.45, 2.75) is 64.5 Å². The average Bonchev–Trinajstić information content (AvgIpc) is 3.16. The van der Waals surface area contributed by atoms with E-state index >= 15 is 0 Å². The van der Waals surface area contributed by atoms with E-state index in [1.165, 1.54) is 19.3 Å². The van der Waals surface area contributed by atoms with Gasteiger partial charge >= 0.3 is 0 Å². The summed E-state index contributed by atoms with van der Waals surface area (Å²) in [6, 6.07) is 0.286. The van der Waals surface area contributed by atoms with Crippen LogP contribution in [0.5, 0.6) is 0 Å². The second-order valence-corrected chi connectivity index (χ2v) is 7.22. The van der Waals surface area contributed by atoms with Gasteiger partial charge in [0.05, 0.1) is 0 Å². The Kier molecular flexibility index (Phi) is 5.08. The van der Waals surface area contributed by atoms with Crippen LogP contribution in [0.4, 0.5) is 0 Å². The Morgan fingerprint density at radius 1 is 1.30 bits per heavy atom. The highest BCUT2D eigenvalue weighted by molar-refractivity contribution is 5.86. The summed E-state index contributed by atoms with van der Waals surface area (Å²) in [4.78, 5) is 14.7. The fourth-order valence-electron chi connectivity index (χ4n) is 3.57. The van der Waals surface area contributed by atoms with E-state index in [1.807, 2.05) is 0 Å². The molecule has 2 aliphatic rings. The molecule has 2 atom stereocenters. The van der Waals surface area contributed by atoms with E-state index < -0.39 is 5.54 Å². The number of hydrogen-bond acceptors (Lipinski definition) is 3. The molecule has 1 aliphatic heterocycles. The van der Waals surface area contributed by atoms with Crippen LogP contribution >= 0.6 is 0 Å². The van der Waals surface area contributed by atoms with Gasteiger partial charge in [-0.1, -0.05) is 6.92 Å². The van der Waals surface area contributed by atoms with Crippen LogP contribution in [0.15, 0.2) is 0 Å². The zero-order valence-electron chi connectivity index (χ0n) is 13.3. The van der Waals surface area contributed by atoms with Gasteiger partial charge in [-0.15, -0.1) is 0 Å². The van der Waals surface area contributed by atoms with Crippen LogP contribution in [-0.2, 0) is 4.79 Å². The molecule has 2 fully saturated rings. The highest BCUT2D eigenvalue weighted by Gasteiger charge is 2.50. The maximum absolute atomic E-state index is 12.2. The summed E-state index contributed by atoms with van der Waals surface area (Å²) in [7, 11) is 0. The van der Waals surface area contributed by atoms with E-state index in [-0.39, 0.29) is 11.9 Å². The summed E-state index contributed by atoms with van der Waals surface area (Å²) in [6.45, 7) is 9.53. The van der Waals surface area contributed by atoms with Crippen molar-refractivity contribution in [3.05, 3.63) is 0 Å². The Balaban J connectivity index is 2.08. The first-order valence-electron chi connectivity index (χ1n) is 8.24. The van der Waals surface area contributed by atoms with Gasteiger partial charge in [0.25, 0.3) is 0 Å². The molecule has 116 valence electrons. The van der Waals surface area contributed by atoms with Crippen molar-refractivity contribution in [2.75, 3.05) is 19.6 Å². The summed E-state index contributed by atoms with van der Waals surface area (Å²) < 4.78 is 0. The van der Waals surface area contributed by atoms with Gasteiger partial charge in [-0.05, 0) is 70.9 Å². The molecule has 20 heavy (non-hydrogen) atoms. The molecular weight excluding hydrogens is 250 g/mol. The lowest BCUT2D eigenvalue weighted by atomic mass is 9.90. The first-order valence-corrected chi connectivity index (χ1v) is 8.24. The van der Waals surface area contributed by atoms with Crippen LogP contribution in [0.3, 0.4) is 0 Å². The summed E-state index contributed by atoms with van der Waals surface area (Å²) in [6.07, 6.45) is 6.05. The van der Waals surface area contributed by atoms with E-state index in [1.54, 1.807) is 0 Å². The number of carbonyl (C=O) groups is 1. The van der Waals surface area contributed by atoms with Crippen LogP contribution in [0.25, 0.3) is 0 Å². The molecule has 4 nitrogen and oxygen atoms in total. The summed E-state index contributed by atoms with van der Waals surface area (Å²) in [5.74, 6) is 1.08. The summed E-state index contributed by atoms with van der Waals surface area (Å²) in [5.41, 5.74) is 5.30. The van der Waals surface area contributed by atoms with Crippen LogP contribution in [-0.4, -0.2) is 42.0 Å². The van der Waals surface area contributed by atoms with Gasteiger partial charge < -0.3 is 10.6 Å². The molecule has 1 saturated heterocycles. The van der Waals surface area contributed by atoms with Crippen LogP contribution in [0.1, 0.15) is 52.9 Å². The van der Waals surface area contributed by atoms with Crippen LogP contribution < -0.4 is 11.1 Å². The molecule has 0 aromatic carbocycles. The molecule has 1 saturated carbocycles. The highest BCUT2D eigenvalue weighted by atomic mass is 16.1. The SMILES string of the molecule is CC1CCCN(CC(NC(C)C)(C(N)=O)C2CC2)CC1. The second kappa shape index (κ2) is 6.44. The maximum atomic E-state index is 12.2. The lowest BCUT2D eigenvalue weighted by Gasteiger charge is -2.38. The molecule has 1 amide bonds. The summed E-state index contributed by atoms with van der Waals surface area (Å²) in [5, 5.41) is 3.52. The molecule has 1 heterocycles. The number of amides is 1. The first-order chi connectivity index (χ1) is 9.44. The van der Waals surface area contributed by atoms with E-state index in [0.717, 1.165) is 38.4 Å². The molecule has 0 aromatic heterocycles. The minimum Gasteiger partial charge on any atom is -0.368 e. The summed E-state index contributed by atoms with van der Waals surface area (Å²) >= 11 is 0. The van der Waals surface area contributed by atoms with Crippen molar-refractivity contribution in [3.63, 3.8) is 0 Å². The van der Waals surface area contributed by atoms with Gasteiger partial charge in [0.15, 0.2) is 0 Å². The third-order valence-electron chi connectivity index (χ3n) is 4.84. The van der Waals surface area contributed by atoms with Crippen molar-refractivity contribution >= 4 is 5.91 Å². The number of nitrogens with zero attached hydrogens (tertiary/aromatic N) is 1. The number of rotatable bonds is 6. The van der Waals surface area contributed by atoms with Gasteiger partial charge in [0.2, 0.25) is 5.91 Å². The number of carbonyl (C=O) groups excluding carboxylic acids is 1. The largest absolute Gasteiger partial charge is 0.368 e. The second-order valence-electron chi connectivity index (χ2n) is 7.22. The molecule has 0 aromatic rings. The topological polar surface area (TPSA) is 58.4 Å². The fraction of sp³-hybridized carbons (Fsp3) is 0.938. The van der Waals surface area contributed by atoms with Gasteiger partial charge in [0, 0.05) is 12.6 Å². The Bertz CT molecular complexity index is 341. The molecule has 0 spiro atoms. The molecule has 2 unspecified atom stereocenters. The normalized spacial score (nSPS) is 28.1. The predicted octanol–water partition coefficient (Wildman–Crippen LogP) is 1.74. The number of primary amides is 1. The molecular formula is C16H31N3O. The number of hydrogen-bond donors (Lipinski definition) is 2. The molecule has 2 rings (SSSR count). The Hall–Kier alpha value is -0.610. The predicted molar refractivity (Wildman–Crippen MR) is 82.4 cm³/mol. The van der Waals surface area contributed by atoms with Gasteiger partial charge in [0.1, 0.15) is 5.54 Å². The van der Waals surface area contributed by atoms with Crippen molar-refractivity contribution in [1.82, 2.24) is 10.2 Å². The van der Waals surface area contributed by atoms with Crippen molar-refractivity contribution in [2.24, 2.45) is 17.6 Å². The number of nitrogens with one attached hydrogen (secondary N) is 1. The molecule has 0 bridgehead atoms. The quantitative estimate of drug-likeness (QED) is 0.779. The average molecular weight is 281 g/mol. The minimum absolute atomic E-state index is 0.161.